The molecule has 2 N–H and O–H groups in total. The Balaban J connectivity index is 1.16. The number of halogens is 4. The molecule has 1 aliphatic heterocycles. The first-order valence-corrected chi connectivity index (χ1v) is 17.6. The van der Waals surface area contributed by atoms with Crippen molar-refractivity contribution < 1.29 is 32.0 Å². The third-order valence-electron chi connectivity index (χ3n) is 10.3. The van der Waals surface area contributed by atoms with Gasteiger partial charge >= 0.3 is 6.18 Å². The molecule has 2 amide bonds. The molecule has 2 aliphatic carbocycles. The highest BCUT2D eigenvalue weighted by Gasteiger charge is 2.66. The quantitative estimate of drug-likeness (QED) is 0.187. The Hall–Kier alpha value is -4.30. The standard InChI is InChI=1S/C37H42ClF3N8O3/c1-34(2,20-49-26(15-29(46-49)37(39,40)41)23-8-10-28(42-18-23)35(3,4)52)45-32(50)27(14-21-17-43-47(5)19-21)48-13-12-36(33(48)51)16-25(36)24-9-11-30(38)44-31(24)22-6-7-22/h8-11,15,17-19,22,25,27,52H,6-7,12-14,16,20H2,1-5H3,(H,45,50)/t25-,27-,36+/m1/s1/i5D3. The molecule has 3 atom stereocenters. The van der Waals surface area contributed by atoms with Crippen LogP contribution in [0.2, 0.25) is 5.15 Å². The minimum absolute atomic E-state index is 0.0508. The van der Waals surface area contributed by atoms with Crippen molar-refractivity contribution in [2.45, 2.75) is 102 Å². The van der Waals surface area contributed by atoms with Crippen molar-refractivity contribution in [1.29, 1.82) is 0 Å². The van der Waals surface area contributed by atoms with E-state index in [1.807, 2.05) is 6.07 Å². The second-order valence-electron chi connectivity index (χ2n) is 15.5. The van der Waals surface area contributed by atoms with E-state index in [1.165, 1.54) is 29.6 Å². The van der Waals surface area contributed by atoms with Crippen LogP contribution in [-0.4, -0.2) is 69.5 Å². The van der Waals surface area contributed by atoms with Gasteiger partial charge in [-0.1, -0.05) is 17.7 Å². The number of nitrogens with one attached hydrogen (secondary N) is 1. The van der Waals surface area contributed by atoms with Crippen LogP contribution < -0.4 is 5.32 Å². The van der Waals surface area contributed by atoms with Gasteiger partial charge in [0.05, 0.1) is 35.1 Å². The summed E-state index contributed by atoms with van der Waals surface area (Å²) in [4.78, 5) is 39.2. The molecule has 1 saturated heterocycles. The number of rotatable bonds is 11. The van der Waals surface area contributed by atoms with Gasteiger partial charge in [-0.2, -0.15) is 23.4 Å². The smallest absolute Gasteiger partial charge is 0.384 e. The van der Waals surface area contributed by atoms with Gasteiger partial charge in [-0.3, -0.25) is 23.9 Å². The molecule has 3 fully saturated rings. The number of likely N-dealkylation sites (tertiary alicyclic amines) is 1. The van der Waals surface area contributed by atoms with E-state index >= 15 is 0 Å². The van der Waals surface area contributed by atoms with Gasteiger partial charge in [-0.05, 0) is 88.8 Å². The molecule has 2 saturated carbocycles. The first-order valence-electron chi connectivity index (χ1n) is 18.7. The molecule has 11 nitrogen and oxygen atoms in total. The lowest BCUT2D eigenvalue weighted by Gasteiger charge is -2.33. The van der Waals surface area contributed by atoms with E-state index < -0.39 is 47.4 Å². The predicted molar refractivity (Wildman–Crippen MR) is 186 cm³/mol. The molecule has 1 spiro atoms. The Morgan fingerprint density at radius 3 is 2.56 bits per heavy atom. The molecule has 3 aliphatic rings. The highest BCUT2D eigenvalue weighted by atomic mass is 35.5. The van der Waals surface area contributed by atoms with Crippen LogP contribution in [-0.2, 0) is 41.3 Å². The minimum atomic E-state index is -4.76. The van der Waals surface area contributed by atoms with Gasteiger partial charge in [0.15, 0.2) is 5.69 Å². The van der Waals surface area contributed by atoms with Crippen molar-refractivity contribution in [3.8, 4) is 11.3 Å². The van der Waals surface area contributed by atoms with Gasteiger partial charge < -0.3 is 15.3 Å². The number of hydrogen-bond donors (Lipinski definition) is 2. The number of aryl methyl sites for hydroxylation is 1. The normalized spacial score (nSPS) is 22.3. The fourth-order valence-electron chi connectivity index (χ4n) is 7.46. The monoisotopic (exact) mass is 741 g/mol. The maximum Gasteiger partial charge on any atom is 0.435 e. The number of carbonyl (C=O) groups is 2. The summed E-state index contributed by atoms with van der Waals surface area (Å²) in [6.07, 6.45) is 2.32. The van der Waals surface area contributed by atoms with Crippen LogP contribution in [0, 0.1) is 5.41 Å². The van der Waals surface area contributed by atoms with Crippen molar-refractivity contribution in [2.24, 2.45) is 12.4 Å². The Morgan fingerprint density at radius 1 is 1.15 bits per heavy atom. The van der Waals surface area contributed by atoms with E-state index in [2.05, 4.69) is 25.5 Å². The summed E-state index contributed by atoms with van der Waals surface area (Å²) < 4.78 is 67.1. The van der Waals surface area contributed by atoms with Crippen molar-refractivity contribution in [1.82, 2.24) is 39.7 Å². The molecule has 0 aromatic carbocycles. The molecule has 4 aromatic heterocycles. The van der Waals surface area contributed by atoms with E-state index in [0.29, 0.717) is 40.7 Å². The zero-order valence-electron chi connectivity index (χ0n) is 32.2. The number of aliphatic hydroxyl groups is 1. The fourth-order valence-corrected chi connectivity index (χ4v) is 7.61. The maximum atomic E-state index is 14.4. The molecule has 52 heavy (non-hydrogen) atoms. The van der Waals surface area contributed by atoms with Crippen molar-refractivity contribution in [3.05, 3.63) is 82.3 Å². The fraction of sp³-hybridized carbons (Fsp3) is 0.514. The van der Waals surface area contributed by atoms with Crippen molar-refractivity contribution in [2.75, 3.05) is 6.54 Å². The summed E-state index contributed by atoms with van der Waals surface area (Å²) in [7, 11) is 0. The number of hydrogen-bond acceptors (Lipinski definition) is 7. The van der Waals surface area contributed by atoms with Crippen LogP contribution in [0.25, 0.3) is 11.3 Å². The third-order valence-corrected chi connectivity index (χ3v) is 10.5. The maximum absolute atomic E-state index is 14.4. The summed E-state index contributed by atoms with van der Waals surface area (Å²) >= 11 is 6.25. The molecule has 15 heteroatoms. The second-order valence-corrected chi connectivity index (χ2v) is 15.9. The summed E-state index contributed by atoms with van der Waals surface area (Å²) in [5.41, 5.74) is -1.26. The summed E-state index contributed by atoms with van der Waals surface area (Å²) in [5.74, 6) is -0.541. The van der Waals surface area contributed by atoms with E-state index in [0.717, 1.165) is 39.5 Å². The number of alkyl halides is 3. The van der Waals surface area contributed by atoms with E-state index in [9.17, 15) is 27.9 Å². The van der Waals surface area contributed by atoms with Gasteiger partial charge in [-0.25, -0.2) is 4.98 Å². The predicted octanol–water partition coefficient (Wildman–Crippen LogP) is 5.76. The van der Waals surface area contributed by atoms with Gasteiger partial charge in [0, 0.05) is 59.5 Å². The molecule has 4 aromatic rings. The lowest BCUT2D eigenvalue weighted by Crippen LogP contribution is -2.56. The van der Waals surface area contributed by atoms with E-state index in [1.54, 1.807) is 39.8 Å². The van der Waals surface area contributed by atoms with Crippen LogP contribution in [0.15, 0.2) is 48.9 Å². The van der Waals surface area contributed by atoms with Crippen molar-refractivity contribution >= 4 is 23.4 Å². The zero-order chi connectivity index (χ0) is 39.9. The Labute approximate surface area is 308 Å². The van der Waals surface area contributed by atoms with E-state index in [4.69, 9.17) is 15.7 Å². The second kappa shape index (κ2) is 12.7. The van der Waals surface area contributed by atoms with Crippen LogP contribution in [0.1, 0.15) is 97.5 Å². The van der Waals surface area contributed by atoms with Gasteiger partial charge in [0.25, 0.3) is 0 Å². The lowest BCUT2D eigenvalue weighted by atomic mass is 9.95. The average molecular weight is 742 g/mol. The summed E-state index contributed by atoms with van der Waals surface area (Å²) in [6, 6.07) is 6.56. The number of pyridine rings is 2. The van der Waals surface area contributed by atoms with Crippen LogP contribution in [0.5, 0.6) is 0 Å². The van der Waals surface area contributed by atoms with Crippen LogP contribution in [0.4, 0.5) is 13.2 Å². The zero-order valence-corrected chi connectivity index (χ0v) is 30.0. The Kier molecular flexibility index (Phi) is 7.89. The largest absolute Gasteiger partial charge is 0.435 e. The molecule has 0 radical (unpaired) electrons. The highest BCUT2D eigenvalue weighted by molar-refractivity contribution is 6.29. The molecule has 5 heterocycles. The number of amides is 2. The van der Waals surface area contributed by atoms with Gasteiger partial charge in [0.1, 0.15) is 16.8 Å². The summed E-state index contributed by atoms with van der Waals surface area (Å²) in [5, 5.41) is 21.5. The molecule has 7 rings (SSSR count). The Bertz CT molecular complexity index is 2130. The summed E-state index contributed by atoms with van der Waals surface area (Å²) in [6.45, 7) is 3.88. The molecular formula is C37H42ClF3N8O3. The minimum Gasteiger partial charge on any atom is -0.384 e. The molecule has 0 bridgehead atoms. The molecule has 0 unspecified atom stereocenters. The first-order chi connectivity index (χ1) is 25.6. The average Bonchev–Trinajstić information content (AvgIpc) is 3.91. The van der Waals surface area contributed by atoms with Crippen LogP contribution in [0.3, 0.4) is 0 Å². The first kappa shape index (κ1) is 32.4. The number of carbonyl (C=O) groups excluding carboxylic acids is 2. The molecular weight excluding hydrogens is 697 g/mol. The van der Waals surface area contributed by atoms with Gasteiger partial charge in [0.2, 0.25) is 11.8 Å². The SMILES string of the molecule is [2H]C([2H])([2H])n1cc(C[C@H](C(=O)NC(C)(C)Cn2nc(C(F)(F)F)cc2-c2ccc(C(C)(C)O)nc2)N2CC[C@@]3(C[C@@H]3c3ccc(Cl)nc3C3CC3)C2=O)cn1. The van der Waals surface area contributed by atoms with Crippen LogP contribution >= 0.6 is 11.6 Å². The highest BCUT2D eigenvalue weighted by Crippen LogP contribution is 2.66. The lowest BCUT2D eigenvalue weighted by molar-refractivity contribution is -0.141. The number of aromatic nitrogens is 6. The van der Waals surface area contributed by atoms with E-state index in [-0.39, 0.29) is 37.0 Å². The number of nitrogens with zero attached hydrogens (tertiary/aromatic N) is 7. The Morgan fingerprint density at radius 2 is 1.92 bits per heavy atom. The topological polar surface area (TPSA) is 131 Å². The third kappa shape index (κ3) is 7.06. The van der Waals surface area contributed by atoms with Crippen molar-refractivity contribution in [3.63, 3.8) is 0 Å². The van der Waals surface area contributed by atoms with Gasteiger partial charge in [-0.15, -0.1) is 0 Å². The molecule has 276 valence electrons.